The maximum absolute atomic E-state index is 12.9. The van der Waals surface area contributed by atoms with Gasteiger partial charge in [0.15, 0.2) is 17.5 Å². The third kappa shape index (κ3) is 2.60. The zero-order valence-electron chi connectivity index (χ0n) is 15.8. The highest BCUT2D eigenvalue weighted by molar-refractivity contribution is 6.01. The van der Waals surface area contributed by atoms with Crippen molar-refractivity contribution in [2.45, 2.75) is 45.7 Å². The normalized spacial score (nSPS) is 18.5. The summed E-state index contributed by atoms with van der Waals surface area (Å²) in [5, 5.41) is 0.921. The zero-order valence-corrected chi connectivity index (χ0v) is 15.8. The minimum atomic E-state index is -0.183. The van der Waals surface area contributed by atoms with E-state index in [9.17, 15) is 4.79 Å². The Morgan fingerprint density at radius 1 is 1.35 bits per heavy atom. The molecule has 138 valence electrons. The molecule has 6 nitrogen and oxygen atoms in total. The van der Waals surface area contributed by atoms with Gasteiger partial charge in [0, 0.05) is 35.7 Å². The van der Waals surface area contributed by atoms with Crippen LogP contribution in [0.2, 0.25) is 0 Å². The Morgan fingerprint density at radius 2 is 2.12 bits per heavy atom. The van der Waals surface area contributed by atoms with Crippen LogP contribution in [0.5, 0.6) is 0 Å². The summed E-state index contributed by atoms with van der Waals surface area (Å²) in [7, 11) is 0. The quantitative estimate of drug-likeness (QED) is 0.781. The van der Waals surface area contributed by atoms with Crippen molar-refractivity contribution in [3.05, 3.63) is 34.9 Å². The maximum atomic E-state index is 12.9. The predicted octanol–water partition coefficient (Wildman–Crippen LogP) is 3.29. The van der Waals surface area contributed by atoms with Crippen molar-refractivity contribution in [1.29, 1.82) is 0 Å². The van der Waals surface area contributed by atoms with Gasteiger partial charge >= 0.3 is 0 Å². The monoisotopic (exact) mass is 354 g/mol. The molecule has 1 aliphatic heterocycles. The minimum Gasteiger partial charge on any atom is -0.443 e. The molecule has 1 atom stereocenters. The van der Waals surface area contributed by atoms with E-state index in [0.717, 1.165) is 36.1 Å². The molecular weight excluding hydrogens is 328 g/mol. The number of nitrogens with zero attached hydrogens (tertiary/aromatic N) is 3. The van der Waals surface area contributed by atoms with E-state index in [0.29, 0.717) is 17.0 Å². The SMILES string of the molecule is CC(C)n1c(=O)c2ncoc2c2ccc(N3CCC(C(C)(C)N)C3)cc21. The summed E-state index contributed by atoms with van der Waals surface area (Å²) in [5.74, 6) is 0.460. The van der Waals surface area contributed by atoms with E-state index in [-0.39, 0.29) is 17.1 Å². The van der Waals surface area contributed by atoms with Gasteiger partial charge in [-0.25, -0.2) is 4.98 Å². The molecule has 0 amide bonds. The third-order valence-electron chi connectivity index (χ3n) is 5.60. The Bertz CT molecular complexity index is 1030. The van der Waals surface area contributed by atoms with E-state index in [1.165, 1.54) is 6.39 Å². The molecule has 0 radical (unpaired) electrons. The first-order chi connectivity index (χ1) is 12.3. The van der Waals surface area contributed by atoms with Gasteiger partial charge in [0.2, 0.25) is 0 Å². The van der Waals surface area contributed by atoms with Crippen molar-refractivity contribution in [2.75, 3.05) is 18.0 Å². The number of hydrogen-bond acceptors (Lipinski definition) is 5. The molecule has 0 saturated carbocycles. The summed E-state index contributed by atoms with van der Waals surface area (Å²) < 4.78 is 7.33. The van der Waals surface area contributed by atoms with Crippen LogP contribution in [0.3, 0.4) is 0 Å². The van der Waals surface area contributed by atoms with Crippen LogP contribution < -0.4 is 16.2 Å². The largest absolute Gasteiger partial charge is 0.443 e. The average molecular weight is 354 g/mol. The van der Waals surface area contributed by atoms with E-state index < -0.39 is 0 Å². The molecule has 0 aliphatic carbocycles. The smallest absolute Gasteiger partial charge is 0.281 e. The lowest BCUT2D eigenvalue weighted by Crippen LogP contribution is -2.42. The van der Waals surface area contributed by atoms with Crippen molar-refractivity contribution in [3.63, 3.8) is 0 Å². The average Bonchev–Trinajstić information content (AvgIpc) is 3.23. The number of aromatic nitrogens is 2. The van der Waals surface area contributed by atoms with Crippen molar-refractivity contribution in [2.24, 2.45) is 11.7 Å². The van der Waals surface area contributed by atoms with Crippen LogP contribution in [-0.2, 0) is 0 Å². The van der Waals surface area contributed by atoms with Crippen LogP contribution in [0.25, 0.3) is 22.0 Å². The summed E-state index contributed by atoms with van der Waals surface area (Å²) >= 11 is 0. The van der Waals surface area contributed by atoms with Gasteiger partial charge in [-0.05, 0) is 58.2 Å². The molecule has 2 aromatic heterocycles. The number of anilines is 1. The van der Waals surface area contributed by atoms with Gasteiger partial charge in [-0.3, -0.25) is 4.79 Å². The van der Waals surface area contributed by atoms with Crippen molar-refractivity contribution in [3.8, 4) is 0 Å². The van der Waals surface area contributed by atoms with Crippen molar-refractivity contribution < 1.29 is 4.42 Å². The van der Waals surface area contributed by atoms with Gasteiger partial charge in [0.25, 0.3) is 5.56 Å². The molecule has 3 heterocycles. The number of hydrogen-bond donors (Lipinski definition) is 1. The first kappa shape index (κ1) is 17.1. The first-order valence-corrected chi connectivity index (χ1v) is 9.22. The molecule has 0 spiro atoms. The summed E-state index contributed by atoms with van der Waals surface area (Å²) in [6, 6.07) is 6.28. The molecule has 1 aromatic carbocycles. The molecule has 2 N–H and O–H groups in total. The number of benzene rings is 1. The fourth-order valence-corrected chi connectivity index (χ4v) is 4.04. The van der Waals surface area contributed by atoms with Crippen LogP contribution in [0, 0.1) is 5.92 Å². The molecule has 6 heteroatoms. The molecule has 4 rings (SSSR count). The Morgan fingerprint density at radius 3 is 2.77 bits per heavy atom. The summed E-state index contributed by atoms with van der Waals surface area (Å²) in [4.78, 5) is 19.4. The number of fused-ring (bicyclic) bond motifs is 3. The van der Waals surface area contributed by atoms with E-state index >= 15 is 0 Å². The standard InChI is InChI=1S/C20H26N4O2/c1-12(2)24-16-9-14(23-8-7-13(10-23)20(3,4)21)5-6-15(16)18-17(19(24)25)22-11-26-18/h5-6,9,11-13H,7-8,10,21H2,1-4H3. The Balaban J connectivity index is 1.86. The number of rotatable bonds is 3. The number of oxazole rings is 1. The summed E-state index contributed by atoms with van der Waals surface area (Å²) in [6.45, 7) is 10.1. The molecule has 0 bridgehead atoms. The van der Waals surface area contributed by atoms with Gasteiger partial charge in [-0.1, -0.05) is 0 Å². The second kappa shape index (κ2) is 5.84. The Kier molecular flexibility index (Phi) is 3.84. The molecular formula is C20H26N4O2. The third-order valence-corrected chi connectivity index (χ3v) is 5.60. The highest BCUT2D eigenvalue weighted by Crippen LogP contribution is 2.33. The van der Waals surface area contributed by atoms with Crippen molar-refractivity contribution in [1.82, 2.24) is 9.55 Å². The number of pyridine rings is 1. The lowest BCUT2D eigenvalue weighted by molar-refractivity contribution is 0.348. The van der Waals surface area contributed by atoms with E-state index in [4.69, 9.17) is 10.2 Å². The molecule has 1 unspecified atom stereocenters. The zero-order chi connectivity index (χ0) is 18.6. The topological polar surface area (TPSA) is 77.3 Å². The fraction of sp³-hybridized carbons (Fsp3) is 0.500. The molecule has 3 aromatic rings. The second-order valence-corrected chi connectivity index (χ2v) is 8.25. The van der Waals surface area contributed by atoms with Gasteiger partial charge in [-0.15, -0.1) is 0 Å². The van der Waals surface area contributed by atoms with E-state index in [1.807, 2.05) is 24.5 Å². The van der Waals surface area contributed by atoms with E-state index in [2.05, 4.69) is 35.9 Å². The first-order valence-electron chi connectivity index (χ1n) is 9.22. The maximum Gasteiger partial charge on any atom is 0.281 e. The molecule has 1 fully saturated rings. The molecule has 1 aliphatic rings. The molecule has 1 saturated heterocycles. The van der Waals surface area contributed by atoms with Crippen LogP contribution >= 0.6 is 0 Å². The minimum absolute atomic E-state index is 0.0376. The summed E-state index contributed by atoms with van der Waals surface area (Å²) in [5.41, 5.74) is 9.00. The van der Waals surface area contributed by atoms with Crippen LogP contribution in [0.1, 0.15) is 40.2 Å². The van der Waals surface area contributed by atoms with Gasteiger partial charge < -0.3 is 19.6 Å². The van der Waals surface area contributed by atoms with E-state index in [1.54, 1.807) is 0 Å². The predicted molar refractivity (Wildman–Crippen MR) is 105 cm³/mol. The van der Waals surface area contributed by atoms with Crippen LogP contribution in [0.15, 0.2) is 33.8 Å². The Labute approximate surface area is 152 Å². The lowest BCUT2D eigenvalue weighted by Gasteiger charge is -2.27. The fourth-order valence-electron chi connectivity index (χ4n) is 4.04. The summed E-state index contributed by atoms with van der Waals surface area (Å²) in [6.07, 6.45) is 2.43. The lowest BCUT2D eigenvalue weighted by atomic mass is 9.88. The van der Waals surface area contributed by atoms with Crippen molar-refractivity contribution >= 4 is 27.7 Å². The Hall–Kier alpha value is -2.34. The highest BCUT2D eigenvalue weighted by atomic mass is 16.3. The molecule has 26 heavy (non-hydrogen) atoms. The van der Waals surface area contributed by atoms with Gasteiger partial charge in [0.05, 0.1) is 5.52 Å². The van der Waals surface area contributed by atoms with Crippen LogP contribution in [0.4, 0.5) is 5.69 Å². The second-order valence-electron chi connectivity index (χ2n) is 8.25. The van der Waals surface area contributed by atoms with Crippen LogP contribution in [-0.4, -0.2) is 28.2 Å². The van der Waals surface area contributed by atoms with Gasteiger partial charge in [-0.2, -0.15) is 0 Å². The van der Waals surface area contributed by atoms with Gasteiger partial charge in [0.1, 0.15) is 0 Å². The number of nitrogens with two attached hydrogens (primary N) is 1. The highest BCUT2D eigenvalue weighted by Gasteiger charge is 2.32.